The number of thiophene rings is 1. The largest absolute Gasteiger partial charge is 0.340 e. The van der Waals surface area contributed by atoms with Crippen LogP contribution >= 0.6 is 11.3 Å². The summed E-state index contributed by atoms with van der Waals surface area (Å²) in [4.78, 5) is 15.8. The molecule has 0 saturated carbocycles. The molecule has 1 N–H and O–H groups in total. The van der Waals surface area contributed by atoms with Crippen molar-refractivity contribution in [1.29, 1.82) is 0 Å². The van der Waals surface area contributed by atoms with Crippen LogP contribution in [0, 0.1) is 5.92 Å². The molecule has 0 bridgehead atoms. The first-order valence-electron chi connectivity index (χ1n) is 9.76. The number of aromatic nitrogens is 3. The van der Waals surface area contributed by atoms with E-state index in [1.54, 1.807) is 6.33 Å². The number of anilines is 2. The zero-order chi connectivity index (χ0) is 18.9. The van der Waals surface area contributed by atoms with Gasteiger partial charge in [0.05, 0.1) is 5.39 Å². The zero-order valence-corrected chi connectivity index (χ0v) is 16.7. The summed E-state index contributed by atoms with van der Waals surface area (Å²) in [6, 6.07) is 12.7. The first-order chi connectivity index (χ1) is 13.8. The average molecular weight is 387 g/mol. The molecule has 5 heteroatoms. The van der Waals surface area contributed by atoms with Crippen LogP contribution in [0.3, 0.4) is 0 Å². The maximum Gasteiger partial charge on any atom is 0.142 e. The van der Waals surface area contributed by atoms with Gasteiger partial charge in [0.2, 0.25) is 0 Å². The molecule has 4 aromatic rings. The van der Waals surface area contributed by atoms with Crippen LogP contribution in [0.15, 0.2) is 55.1 Å². The van der Waals surface area contributed by atoms with E-state index in [4.69, 9.17) is 0 Å². The van der Waals surface area contributed by atoms with Gasteiger partial charge >= 0.3 is 0 Å². The second-order valence-corrected chi connectivity index (χ2v) is 8.69. The Hall–Kier alpha value is -2.79. The van der Waals surface area contributed by atoms with Crippen molar-refractivity contribution in [2.24, 2.45) is 5.92 Å². The van der Waals surface area contributed by atoms with Gasteiger partial charge in [0.25, 0.3) is 0 Å². The number of benzene rings is 1. The van der Waals surface area contributed by atoms with Crippen molar-refractivity contribution in [3.8, 4) is 0 Å². The first-order valence-corrected chi connectivity index (χ1v) is 10.6. The van der Waals surface area contributed by atoms with Crippen LogP contribution in [0.25, 0.3) is 10.2 Å². The summed E-state index contributed by atoms with van der Waals surface area (Å²) < 4.78 is 0. The van der Waals surface area contributed by atoms with Gasteiger partial charge in [-0.15, -0.1) is 11.3 Å². The van der Waals surface area contributed by atoms with Gasteiger partial charge in [-0.05, 0) is 72.6 Å². The Morgan fingerprint density at radius 2 is 1.82 bits per heavy atom. The van der Waals surface area contributed by atoms with E-state index in [1.165, 1.54) is 39.8 Å². The fraction of sp³-hybridized carbons (Fsp3) is 0.261. The molecule has 1 unspecified atom stereocenters. The van der Waals surface area contributed by atoms with E-state index in [-0.39, 0.29) is 0 Å². The lowest BCUT2D eigenvalue weighted by atomic mass is 9.89. The van der Waals surface area contributed by atoms with Gasteiger partial charge in [-0.3, -0.25) is 4.98 Å². The van der Waals surface area contributed by atoms with Crippen LogP contribution in [-0.4, -0.2) is 15.0 Å². The van der Waals surface area contributed by atoms with Crippen molar-refractivity contribution < 1.29 is 0 Å². The number of hydrogen-bond donors (Lipinski definition) is 1. The lowest BCUT2D eigenvalue weighted by Crippen LogP contribution is -2.09. The number of hydrogen-bond acceptors (Lipinski definition) is 5. The fourth-order valence-electron chi connectivity index (χ4n) is 3.95. The van der Waals surface area contributed by atoms with Gasteiger partial charge in [-0.1, -0.05) is 19.1 Å². The highest BCUT2D eigenvalue weighted by atomic mass is 32.1. The third-order valence-corrected chi connectivity index (χ3v) is 6.63. The van der Waals surface area contributed by atoms with Crippen molar-refractivity contribution in [3.05, 3.63) is 76.7 Å². The molecule has 5 rings (SSSR count). The molecule has 1 atom stereocenters. The van der Waals surface area contributed by atoms with Crippen LogP contribution in [-0.2, 0) is 19.3 Å². The normalized spacial score (nSPS) is 16.1. The smallest absolute Gasteiger partial charge is 0.142 e. The van der Waals surface area contributed by atoms with Crippen molar-refractivity contribution in [1.82, 2.24) is 15.0 Å². The number of aryl methyl sites for hydroxylation is 1. The molecule has 1 aromatic carbocycles. The molecule has 0 amide bonds. The lowest BCUT2D eigenvalue weighted by Gasteiger charge is -2.18. The highest BCUT2D eigenvalue weighted by Crippen LogP contribution is 2.40. The number of rotatable bonds is 4. The summed E-state index contributed by atoms with van der Waals surface area (Å²) >= 11 is 1.84. The maximum absolute atomic E-state index is 4.57. The second kappa shape index (κ2) is 7.32. The zero-order valence-electron chi connectivity index (χ0n) is 15.9. The fourth-order valence-corrected chi connectivity index (χ4v) is 5.30. The Labute approximate surface area is 168 Å². The molecule has 0 radical (unpaired) electrons. The minimum Gasteiger partial charge on any atom is -0.340 e. The minimum atomic E-state index is 0.762. The van der Waals surface area contributed by atoms with Crippen molar-refractivity contribution in [2.75, 3.05) is 5.32 Å². The molecule has 28 heavy (non-hydrogen) atoms. The third kappa shape index (κ3) is 3.38. The number of nitrogens with one attached hydrogen (secondary N) is 1. The molecule has 0 spiro atoms. The van der Waals surface area contributed by atoms with Gasteiger partial charge in [0.15, 0.2) is 0 Å². The predicted octanol–water partition coefficient (Wildman–Crippen LogP) is 5.55. The third-order valence-electron chi connectivity index (χ3n) is 5.47. The monoisotopic (exact) mass is 386 g/mol. The minimum absolute atomic E-state index is 0.762. The molecular weight excluding hydrogens is 364 g/mol. The summed E-state index contributed by atoms with van der Waals surface area (Å²) in [7, 11) is 0. The second-order valence-electron chi connectivity index (χ2n) is 7.61. The van der Waals surface area contributed by atoms with Crippen molar-refractivity contribution >= 4 is 33.1 Å². The van der Waals surface area contributed by atoms with E-state index < -0.39 is 0 Å². The Morgan fingerprint density at radius 3 is 2.64 bits per heavy atom. The van der Waals surface area contributed by atoms with E-state index in [1.807, 2.05) is 23.7 Å². The molecule has 1 aliphatic rings. The summed E-state index contributed by atoms with van der Waals surface area (Å²) in [5.41, 5.74) is 5.07. The topological polar surface area (TPSA) is 50.7 Å². The van der Waals surface area contributed by atoms with Gasteiger partial charge < -0.3 is 5.32 Å². The maximum atomic E-state index is 4.57. The highest BCUT2D eigenvalue weighted by molar-refractivity contribution is 7.19. The van der Waals surface area contributed by atoms with Crippen molar-refractivity contribution in [2.45, 2.75) is 32.6 Å². The number of pyridine rings is 1. The number of nitrogens with zero attached hydrogens (tertiary/aromatic N) is 3. The Balaban J connectivity index is 1.41. The van der Waals surface area contributed by atoms with E-state index in [2.05, 4.69) is 63.6 Å². The SMILES string of the molecule is CC1CCc2c(sc3ncnc(Nc4ccc(Cc5ccncc5)cc4)c23)C1. The van der Waals surface area contributed by atoms with Gasteiger partial charge in [-0.25, -0.2) is 9.97 Å². The van der Waals surface area contributed by atoms with E-state index in [0.717, 1.165) is 35.1 Å². The molecule has 140 valence electrons. The average Bonchev–Trinajstić information content (AvgIpc) is 3.08. The van der Waals surface area contributed by atoms with Crippen molar-refractivity contribution in [3.63, 3.8) is 0 Å². The first kappa shape index (κ1) is 17.3. The standard InChI is InChI=1S/C23H22N4S/c1-15-2-7-19-20(12-15)28-23-21(19)22(25-14-26-23)27-18-5-3-16(4-6-18)13-17-8-10-24-11-9-17/h3-6,8-11,14-15H,2,7,12-13H2,1H3,(H,25,26,27). The van der Waals surface area contributed by atoms with Crippen LogP contribution in [0.2, 0.25) is 0 Å². The van der Waals surface area contributed by atoms with Crippen LogP contribution < -0.4 is 5.32 Å². The number of fused-ring (bicyclic) bond motifs is 3. The summed E-state index contributed by atoms with van der Waals surface area (Å²) in [6.45, 7) is 2.34. The Kier molecular flexibility index (Phi) is 4.53. The van der Waals surface area contributed by atoms with E-state index in [9.17, 15) is 0 Å². The molecule has 3 heterocycles. The van der Waals surface area contributed by atoms with Gasteiger partial charge in [-0.2, -0.15) is 0 Å². The predicted molar refractivity (Wildman–Crippen MR) is 115 cm³/mol. The van der Waals surface area contributed by atoms with E-state index in [0.29, 0.717) is 0 Å². The Bertz CT molecular complexity index is 1100. The Morgan fingerprint density at radius 1 is 1.04 bits per heavy atom. The van der Waals surface area contributed by atoms with Gasteiger partial charge in [0.1, 0.15) is 17.0 Å². The molecule has 1 aliphatic carbocycles. The summed E-state index contributed by atoms with van der Waals surface area (Å²) in [6.07, 6.45) is 9.81. The molecular formula is C23H22N4S. The summed E-state index contributed by atoms with van der Waals surface area (Å²) in [5.74, 6) is 1.69. The highest BCUT2D eigenvalue weighted by Gasteiger charge is 2.23. The van der Waals surface area contributed by atoms with Crippen LogP contribution in [0.4, 0.5) is 11.5 Å². The lowest BCUT2D eigenvalue weighted by molar-refractivity contribution is 0.509. The molecule has 0 fully saturated rings. The molecule has 0 saturated heterocycles. The quantitative estimate of drug-likeness (QED) is 0.500. The summed E-state index contributed by atoms with van der Waals surface area (Å²) in [5, 5.41) is 4.75. The van der Waals surface area contributed by atoms with Gasteiger partial charge in [0, 0.05) is 23.0 Å². The van der Waals surface area contributed by atoms with Crippen LogP contribution in [0.5, 0.6) is 0 Å². The van der Waals surface area contributed by atoms with E-state index >= 15 is 0 Å². The molecule has 3 aromatic heterocycles. The molecule has 4 nitrogen and oxygen atoms in total. The molecule has 0 aliphatic heterocycles. The van der Waals surface area contributed by atoms with Crippen LogP contribution in [0.1, 0.15) is 34.9 Å².